The van der Waals surface area contributed by atoms with E-state index in [0.717, 1.165) is 16.7 Å². The molecule has 5 unspecified atom stereocenters. The summed E-state index contributed by atoms with van der Waals surface area (Å²) < 4.78 is 0. The van der Waals surface area contributed by atoms with E-state index in [-0.39, 0.29) is 45.1 Å². The Balaban J connectivity index is 1.97. The van der Waals surface area contributed by atoms with E-state index in [4.69, 9.17) is 0 Å². The zero-order valence-corrected chi connectivity index (χ0v) is 28.6. The van der Waals surface area contributed by atoms with Crippen LogP contribution in [0.1, 0.15) is 52.4 Å². The van der Waals surface area contributed by atoms with E-state index in [0.29, 0.717) is 12.1 Å². The lowest BCUT2D eigenvalue weighted by Crippen LogP contribution is -2.51. The number of aliphatic hydroxyl groups excluding tert-OH is 1. The van der Waals surface area contributed by atoms with E-state index in [2.05, 4.69) is 90.2 Å². The number of rotatable bonds is 11. The van der Waals surface area contributed by atoms with Gasteiger partial charge < -0.3 is 26.4 Å². The van der Waals surface area contributed by atoms with Crippen LogP contribution in [-0.2, 0) is 19.3 Å². The molecule has 224 valence electrons. The van der Waals surface area contributed by atoms with E-state index < -0.39 is 29.9 Å². The number of hydrogen-bond donors (Lipinski definition) is 5. The zero-order valence-electron chi connectivity index (χ0n) is 25.1. The summed E-state index contributed by atoms with van der Waals surface area (Å²) in [7, 11) is 16.1. The Morgan fingerprint density at radius 3 is 2.42 bits per heavy atom. The Morgan fingerprint density at radius 1 is 1.23 bits per heavy atom. The smallest absolute Gasteiger partial charge is 0.255 e. The van der Waals surface area contributed by atoms with Crippen LogP contribution in [0.4, 0.5) is 5.82 Å². The molecule has 3 amide bonds. The Labute approximate surface area is 262 Å². The van der Waals surface area contributed by atoms with Crippen molar-refractivity contribution < 1.29 is 19.5 Å². The van der Waals surface area contributed by atoms with Crippen LogP contribution in [0.15, 0.2) is 37.0 Å². The molecular formula is C27H38B3N6O4P3. The largest absolute Gasteiger partial charge is 0.381 e. The molecule has 1 aliphatic rings. The van der Waals surface area contributed by atoms with E-state index in [1.165, 1.54) is 19.3 Å². The van der Waals surface area contributed by atoms with Crippen molar-refractivity contribution in [2.45, 2.75) is 47.7 Å². The third kappa shape index (κ3) is 8.90. The van der Waals surface area contributed by atoms with Gasteiger partial charge in [0.1, 0.15) is 35.4 Å². The summed E-state index contributed by atoms with van der Waals surface area (Å²) in [5.41, 5.74) is 3.52. The molecular weight excluding hydrogens is 598 g/mol. The van der Waals surface area contributed by atoms with Gasteiger partial charge >= 0.3 is 0 Å². The first-order valence-electron chi connectivity index (χ1n) is 13.8. The van der Waals surface area contributed by atoms with Crippen LogP contribution in [-0.4, -0.2) is 76.6 Å². The lowest BCUT2D eigenvalue weighted by Gasteiger charge is -2.27. The number of nitrogens with zero attached hydrogens (tertiary/aromatic N) is 2. The van der Waals surface area contributed by atoms with Gasteiger partial charge in [-0.25, -0.2) is 4.98 Å². The van der Waals surface area contributed by atoms with Gasteiger partial charge in [0.15, 0.2) is 6.10 Å². The van der Waals surface area contributed by atoms with Crippen molar-refractivity contribution in [2.24, 2.45) is 5.92 Å². The van der Waals surface area contributed by atoms with Crippen LogP contribution >= 0.6 is 27.7 Å². The number of nitriles is 1. The molecule has 0 bridgehead atoms. The van der Waals surface area contributed by atoms with E-state index in [1.54, 1.807) is 0 Å². The number of nitrogens with one attached hydrogen (secondary N) is 4. The minimum atomic E-state index is -1.61. The minimum Gasteiger partial charge on any atom is -0.381 e. The summed E-state index contributed by atoms with van der Waals surface area (Å²) in [6.07, 6.45) is 0.272. The van der Waals surface area contributed by atoms with Crippen LogP contribution in [0.25, 0.3) is 5.70 Å². The quantitative estimate of drug-likeness (QED) is 0.155. The fraction of sp³-hybridized carbons (Fsp3) is 0.370. The van der Waals surface area contributed by atoms with Gasteiger partial charge in [-0.3, -0.25) is 14.4 Å². The van der Waals surface area contributed by atoms with Gasteiger partial charge in [-0.15, -0.1) is 27.7 Å². The molecule has 0 spiro atoms. The first-order valence-corrected chi connectivity index (χ1v) is 15.6. The predicted molar refractivity (Wildman–Crippen MR) is 188 cm³/mol. The standard InChI is InChI=1S/C27H38B3N6O4P3/c1-12-4-16(23(38)34-12)8-20(21(37)25(40)32-3)36-24(39)19-5-14(10-31)11-33-22(19)35-13(2)15-6-17(26(28,29)41)9-18(7-15)27(30,42)43/h5-7,9,11-12,16,20-21,37H,2,4,8,28-30,41-43H2,1,3H3,(H,32,40)(H,33,35)(H,34,38)(H,36,39)/t12?,16-,20-,21?/m0/s1. The maximum absolute atomic E-state index is 13.7. The molecule has 1 aromatic carbocycles. The number of hydrogen-bond acceptors (Lipinski definition) is 7. The van der Waals surface area contributed by atoms with Gasteiger partial charge in [0.05, 0.1) is 17.2 Å². The maximum Gasteiger partial charge on any atom is 0.255 e. The van der Waals surface area contributed by atoms with Crippen molar-refractivity contribution in [1.82, 2.24) is 20.9 Å². The monoisotopic (exact) mass is 636 g/mol. The van der Waals surface area contributed by atoms with Crippen molar-refractivity contribution in [3.63, 3.8) is 0 Å². The first kappa shape index (κ1) is 34.7. The lowest BCUT2D eigenvalue weighted by atomic mass is 9.64. The molecule has 0 aliphatic carbocycles. The highest BCUT2D eigenvalue weighted by molar-refractivity contribution is 7.43. The van der Waals surface area contributed by atoms with Gasteiger partial charge in [0.2, 0.25) is 5.91 Å². The SMILES string of the molecule is BC(B)(P)c1cc(C(=C)Nc2ncc(C#N)cc2C(=O)N[C@@H](C[C@@H]2CC(C)NC2=O)C(O)C(=O)NC)cc(C(B)(P)P)c1. The van der Waals surface area contributed by atoms with Crippen molar-refractivity contribution in [3.05, 3.63) is 64.9 Å². The summed E-state index contributed by atoms with van der Waals surface area (Å²) in [5.74, 6) is -1.94. The highest BCUT2D eigenvalue weighted by atomic mass is 31.1. The molecule has 5 N–H and O–H groups in total. The fourth-order valence-electron chi connectivity index (χ4n) is 4.81. The molecule has 0 saturated carbocycles. The van der Waals surface area contributed by atoms with Gasteiger partial charge in [0.25, 0.3) is 11.8 Å². The molecule has 0 radical (unpaired) electrons. The number of likely N-dealkylation sites (N-methyl/N-ethyl adjacent to an activating group) is 1. The van der Waals surface area contributed by atoms with Crippen molar-refractivity contribution >= 4 is 80.5 Å². The molecule has 10 nitrogen and oxygen atoms in total. The predicted octanol–water partition coefficient (Wildman–Crippen LogP) is -1.10. The summed E-state index contributed by atoms with van der Waals surface area (Å²) in [6, 6.07) is 8.37. The van der Waals surface area contributed by atoms with Crippen molar-refractivity contribution in [1.29, 1.82) is 5.26 Å². The van der Waals surface area contributed by atoms with Crippen LogP contribution < -0.4 is 21.3 Å². The molecule has 1 saturated heterocycles. The highest BCUT2D eigenvalue weighted by Gasteiger charge is 2.36. The number of benzene rings is 1. The average Bonchev–Trinajstić information content (AvgIpc) is 3.26. The zero-order chi connectivity index (χ0) is 32.3. The van der Waals surface area contributed by atoms with E-state index in [1.807, 2.05) is 25.1 Å². The molecule has 43 heavy (non-hydrogen) atoms. The molecule has 1 aliphatic heterocycles. The molecule has 7 atom stereocenters. The Kier molecular flexibility index (Phi) is 11.2. The molecule has 2 aromatic rings. The third-order valence-electron chi connectivity index (χ3n) is 7.33. The number of carbonyl (C=O) groups is 3. The molecule has 16 heteroatoms. The summed E-state index contributed by atoms with van der Waals surface area (Å²) >= 11 is 0. The first-order chi connectivity index (χ1) is 19.9. The number of aromatic nitrogens is 1. The number of pyridine rings is 1. The minimum absolute atomic E-state index is 0.0169. The van der Waals surface area contributed by atoms with E-state index in [9.17, 15) is 24.8 Å². The number of amides is 3. The Morgan fingerprint density at radius 2 is 1.88 bits per heavy atom. The topological polar surface area (TPSA) is 156 Å². The second kappa shape index (κ2) is 13.9. The molecule has 1 fully saturated rings. The number of aliphatic hydroxyl groups is 1. The second-order valence-electron chi connectivity index (χ2n) is 11.9. The van der Waals surface area contributed by atoms with Crippen LogP contribution in [0, 0.1) is 17.2 Å². The fourth-order valence-corrected chi connectivity index (χ4v) is 5.31. The normalized spacial score (nSPS) is 18.1. The van der Waals surface area contributed by atoms with Crippen LogP contribution in [0.3, 0.4) is 0 Å². The molecule has 2 heterocycles. The summed E-state index contributed by atoms with van der Waals surface area (Å²) in [5, 5.41) is 31.4. The average molecular weight is 636 g/mol. The van der Waals surface area contributed by atoms with Gasteiger partial charge in [0, 0.05) is 30.9 Å². The Bertz CT molecular complexity index is 1440. The van der Waals surface area contributed by atoms with Gasteiger partial charge in [-0.05, 0) is 52.8 Å². The Hall–Kier alpha value is -2.75. The molecule has 3 rings (SSSR count). The second-order valence-corrected chi connectivity index (χ2v) is 16.4. The van der Waals surface area contributed by atoms with Gasteiger partial charge in [-0.2, -0.15) is 5.26 Å². The number of carbonyl (C=O) groups excluding carboxylic acids is 3. The van der Waals surface area contributed by atoms with Crippen LogP contribution in [0.5, 0.6) is 0 Å². The lowest BCUT2D eigenvalue weighted by molar-refractivity contribution is -0.131. The highest BCUT2D eigenvalue weighted by Crippen LogP contribution is 2.39. The van der Waals surface area contributed by atoms with Crippen LogP contribution in [0.2, 0.25) is 0 Å². The summed E-state index contributed by atoms with van der Waals surface area (Å²) in [6.45, 7) is 6.08. The van der Waals surface area contributed by atoms with Crippen molar-refractivity contribution in [3.8, 4) is 6.07 Å². The third-order valence-corrected chi connectivity index (χ3v) is 8.33. The molecule has 1 aromatic heterocycles. The summed E-state index contributed by atoms with van der Waals surface area (Å²) in [4.78, 5) is 42.3. The van der Waals surface area contributed by atoms with Crippen molar-refractivity contribution in [2.75, 3.05) is 12.4 Å². The number of anilines is 1. The maximum atomic E-state index is 13.7. The van der Waals surface area contributed by atoms with Gasteiger partial charge in [-0.1, -0.05) is 24.3 Å². The van der Waals surface area contributed by atoms with E-state index >= 15 is 0 Å².